The average molecular weight is 289 g/mol. The third-order valence-electron chi connectivity index (χ3n) is 3.30. The quantitative estimate of drug-likeness (QED) is 0.725. The summed E-state index contributed by atoms with van der Waals surface area (Å²) in [4.78, 5) is 18.6. The molecule has 0 radical (unpaired) electrons. The largest absolute Gasteiger partial charge is 0.478 e. The highest BCUT2D eigenvalue weighted by molar-refractivity contribution is 6.21. The van der Waals surface area contributed by atoms with Gasteiger partial charge in [-0.05, 0) is 23.8 Å². The average Bonchev–Trinajstić information content (AvgIpc) is 2.95. The van der Waals surface area contributed by atoms with Gasteiger partial charge in [-0.1, -0.05) is 30.3 Å². The van der Waals surface area contributed by atoms with E-state index in [0.717, 1.165) is 5.39 Å². The van der Waals surface area contributed by atoms with Crippen molar-refractivity contribution in [2.45, 2.75) is 0 Å². The molecule has 0 bridgehead atoms. The second kappa shape index (κ2) is 5.54. The number of nitrogens with zero attached hydrogens (tertiary/aromatic N) is 2. The number of carboxylic acid groups (broad SMARTS) is 1. The number of hydrogen-bond donors (Lipinski definition) is 2. The van der Waals surface area contributed by atoms with E-state index in [-0.39, 0.29) is 5.57 Å². The Hall–Kier alpha value is -3.39. The first-order chi connectivity index (χ1) is 10.7. The summed E-state index contributed by atoms with van der Waals surface area (Å²) in [5.74, 6) is -0.998. The SMILES string of the molecule is N#Cc1ccc2c(/C=C(/C(=O)O)c3ccccc3)c[nH]c2n1. The van der Waals surface area contributed by atoms with Crippen molar-refractivity contribution in [3.63, 3.8) is 0 Å². The van der Waals surface area contributed by atoms with Gasteiger partial charge in [0, 0.05) is 17.1 Å². The molecule has 3 rings (SSSR count). The minimum absolute atomic E-state index is 0.200. The van der Waals surface area contributed by atoms with E-state index in [2.05, 4.69) is 9.97 Å². The highest BCUT2D eigenvalue weighted by Gasteiger charge is 2.12. The lowest BCUT2D eigenvalue weighted by Gasteiger charge is -2.02. The van der Waals surface area contributed by atoms with E-state index in [4.69, 9.17) is 5.26 Å². The van der Waals surface area contributed by atoms with Crippen molar-refractivity contribution in [1.29, 1.82) is 5.26 Å². The van der Waals surface area contributed by atoms with Crippen molar-refractivity contribution < 1.29 is 9.90 Å². The van der Waals surface area contributed by atoms with Crippen LogP contribution < -0.4 is 0 Å². The third-order valence-corrected chi connectivity index (χ3v) is 3.30. The molecule has 2 heterocycles. The van der Waals surface area contributed by atoms with E-state index >= 15 is 0 Å². The van der Waals surface area contributed by atoms with E-state index < -0.39 is 5.97 Å². The molecule has 0 amide bonds. The predicted molar refractivity (Wildman–Crippen MR) is 82.8 cm³/mol. The molecule has 2 N–H and O–H groups in total. The molecule has 5 heteroatoms. The fraction of sp³-hybridized carbons (Fsp3) is 0. The molecule has 1 aromatic carbocycles. The van der Waals surface area contributed by atoms with E-state index in [1.165, 1.54) is 0 Å². The Balaban J connectivity index is 2.14. The lowest BCUT2D eigenvalue weighted by Crippen LogP contribution is -1.99. The van der Waals surface area contributed by atoms with Gasteiger partial charge in [-0.2, -0.15) is 5.26 Å². The Morgan fingerprint density at radius 1 is 1.23 bits per heavy atom. The molecule has 0 saturated heterocycles. The normalized spacial score (nSPS) is 11.3. The van der Waals surface area contributed by atoms with Crippen molar-refractivity contribution in [2.24, 2.45) is 0 Å². The Labute approximate surface area is 126 Å². The number of H-pyrrole nitrogens is 1. The molecule has 2 aromatic heterocycles. The number of rotatable bonds is 3. The van der Waals surface area contributed by atoms with Gasteiger partial charge in [-0.3, -0.25) is 0 Å². The van der Waals surface area contributed by atoms with Crippen LogP contribution in [0.4, 0.5) is 0 Å². The highest BCUT2D eigenvalue weighted by Crippen LogP contribution is 2.23. The smallest absolute Gasteiger partial charge is 0.336 e. The molecule has 5 nitrogen and oxygen atoms in total. The Morgan fingerprint density at radius 2 is 2.00 bits per heavy atom. The van der Waals surface area contributed by atoms with Gasteiger partial charge in [0.05, 0.1) is 5.57 Å². The zero-order valence-corrected chi connectivity index (χ0v) is 11.4. The van der Waals surface area contributed by atoms with Crippen LogP contribution in [0.5, 0.6) is 0 Å². The Bertz CT molecular complexity index is 918. The van der Waals surface area contributed by atoms with Crippen molar-refractivity contribution in [2.75, 3.05) is 0 Å². The molecule has 0 spiro atoms. The molecule has 0 fully saturated rings. The number of pyridine rings is 1. The predicted octanol–water partition coefficient (Wildman–Crippen LogP) is 3.06. The maximum Gasteiger partial charge on any atom is 0.336 e. The molecule has 0 unspecified atom stereocenters. The summed E-state index contributed by atoms with van der Waals surface area (Å²) < 4.78 is 0. The first kappa shape index (κ1) is 13.6. The fourth-order valence-electron chi connectivity index (χ4n) is 2.25. The lowest BCUT2D eigenvalue weighted by molar-refractivity contribution is -0.130. The van der Waals surface area contributed by atoms with Crippen LogP contribution in [0.2, 0.25) is 0 Å². The summed E-state index contributed by atoms with van der Waals surface area (Å²) in [6.45, 7) is 0. The van der Waals surface area contributed by atoms with Crippen LogP contribution in [-0.2, 0) is 4.79 Å². The molecule has 106 valence electrons. The fourth-order valence-corrected chi connectivity index (χ4v) is 2.25. The Kier molecular flexibility index (Phi) is 3.42. The number of hydrogen-bond acceptors (Lipinski definition) is 3. The van der Waals surface area contributed by atoms with Crippen LogP contribution >= 0.6 is 0 Å². The number of fused-ring (bicyclic) bond motifs is 1. The molecule has 0 saturated carbocycles. The zero-order valence-electron chi connectivity index (χ0n) is 11.4. The van der Waals surface area contributed by atoms with Crippen LogP contribution in [-0.4, -0.2) is 21.0 Å². The second-order valence-corrected chi connectivity index (χ2v) is 4.68. The maximum absolute atomic E-state index is 11.5. The number of carbonyl (C=O) groups is 1. The van der Waals surface area contributed by atoms with E-state index in [1.54, 1.807) is 48.7 Å². The molecule has 22 heavy (non-hydrogen) atoms. The molecule has 0 atom stereocenters. The first-order valence-electron chi connectivity index (χ1n) is 6.57. The third kappa shape index (κ3) is 2.45. The monoisotopic (exact) mass is 289 g/mol. The Morgan fingerprint density at radius 3 is 2.68 bits per heavy atom. The maximum atomic E-state index is 11.5. The van der Waals surface area contributed by atoms with Crippen molar-refractivity contribution in [3.05, 3.63) is 65.5 Å². The standard InChI is InChI=1S/C17H11N3O2/c18-9-13-6-7-14-12(10-19-16(14)20-13)8-15(17(21)22)11-4-2-1-3-5-11/h1-8,10H,(H,19,20)(H,21,22)/b15-8+. The van der Waals surface area contributed by atoms with Crippen molar-refractivity contribution in [3.8, 4) is 6.07 Å². The topological polar surface area (TPSA) is 89.8 Å². The van der Waals surface area contributed by atoms with Gasteiger partial charge in [-0.15, -0.1) is 0 Å². The van der Waals surface area contributed by atoms with Gasteiger partial charge in [-0.25, -0.2) is 9.78 Å². The van der Waals surface area contributed by atoms with Crippen LogP contribution in [0.1, 0.15) is 16.8 Å². The zero-order chi connectivity index (χ0) is 15.5. The molecular formula is C17H11N3O2. The number of carboxylic acids is 1. The summed E-state index contributed by atoms with van der Waals surface area (Å²) in [5.41, 5.74) is 2.42. The number of nitrogens with one attached hydrogen (secondary N) is 1. The van der Waals surface area contributed by atoms with Crippen LogP contribution in [0, 0.1) is 11.3 Å². The highest BCUT2D eigenvalue weighted by atomic mass is 16.4. The number of nitriles is 1. The number of benzene rings is 1. The van der Waals surface area contributed by atoms with Gasteiger partial charge >= 0.3 is 5.97 Å². The van der Waals surface area contributed by atoms with Crippen molar-refractivity contribution >= 4 is 28.7 Å². The van der Waals surface area contributed by atoms with E-state index in [0.29, 0.717) is 22.5 Å². The number of aromatic nitrogens is 2. The van der Waals surface area contributed by atoms with Crippen LogP contribution in [0.25, 0.3) is 22.7 Å². The summed E-state index contributed by atoms with van der Waals surface area (Å²) in [5, 5.41) is 19.1. The summed E-state index contributed by atoms with van der Waals surface area (Å²) >= 11 is 0. The minimum atomic E-state index is -0.998. The van der Waals surface area contributed by atoms with Crippen LogP contribution in [0.3, 0.4) is 0 Å². The lowest BCUT2D eigenvalue weighted by atomic mass is 10.0. The summed E-state index contributed by atoms with van der Waals surface area (Å²) in [6.07, 6.45) is 3.29. The number of aromatic amines is 1. The van der Waals surface area contributed by atoms with Crippen molar-refractivity contribution in [1.82, 2.24) is 9.97 Å². The van der Waals surface area contributed by atoms with E-state index in [1.807, 2.05) is 12.1 Å². The molecule has 0 aliphatic heterocycles. The molecule has 0 aliphatic carbocycles. The number of aliphatic carboxylic acids is 1. The second-order valence-electron chi connectivity index (χ2n) is 4.68. The summed E-state index contributed by atoms with van der Waals surface area (Å²) in [7, 11) is 0. The molecular weight excluding hydrogens is 278 g/mol. The van der Waals surface area contributed by atoms with E-state index in [9.17, 15) is 9.90 Å². The van der Waals surface area contributed by atoms with Crippen LogP contribution in [0.15, 0.2) is 48.7 Å². The van der Waals surface area contributed by atoms with Gasteiger partial charge in [0.25, 0.3) is 0 Å². The molecule has 0 aliphatic rings. The van der Waals surface area contributed by atoms with Gasteiger partial charge < -0.3 is 10.1 Å². The summed E-state index contributed by atoms with van der Waals surface area (Å²) in [6, 6.07) is 14.3. The van der Waals surface area contributed by atoms with Gasteiger partial charge in [0.1, 0.15) is 17.4 Å². The minimum Gasteiger partial charge on any atom is -0.478 e. The van der Waals surface area contributed by atoms with Gasteiger partial charge in [0.15, 0.2) is 0 Å². The molecule has 3 aromatic rings. The van der Waals surface area contributed by atoms with Gasteiger partial charge in [0.2, 0.25) is 0 Å². The first-order valence-corrected chi connectivity index (χ1v) is 6.57.